The Hall–Kier alpha value is -0.370. The molecular weight excluding hydrogens is 188 g/mol. The summed E-state index contributed by atoms with van der Waals surface area (Å²) >= 11 is 0. The number of carbonyl (C=O) groups excluding carboxylic acids is 1. The third-order valence-corrected chi connectivity index (χ3v) is 3.74. The molecule has 0 spiro atoms. The van der Waals surface area contributed by atoms with Crippen LogP contribution in [0, 0.1) is 5.92 Å². The molecule has 1 aliphatic carbocycles. The highest BCUT2D eigenvalue weighted by molar-refractivity contribution is 5.87. The van der Waals surface area contributed by atoms with Gasteiger partial charge in [0.1, 0.15) is 5.60 Å². The van der Waals surface area contributed by atoms with Gasteiger partial charge in [-0.25, -0.2) is 0 Å². The van der Waals surface area contributed by atoms with E-state index in [0.717, 1.165) is 31.6 Å². The molecule has 0 aliphatic heterocycles. The number of ether oxygens (including phenoxy) is 1. The molecule has 0 aromatic heterocycles. The van der Waals surface area contributed by atoms with Crippen LogP contribution in [0.5, 0.6) is 0 Å². The van der Waals surface area contributed by atoms with E-state index in [4.69, 9.17) is 4.74 Å². The van der Waals surface area contributed by atoms with Crippen LogP contribution < -0.4 is 0 Å². The van der Waals surface area contributed by atoms with Gasteiger partial charge in [-0.1, -0.05) is 20.3 Å². The van der Waals surface area contributed by atoms with Crippen molar-refractivity contribution in [3.63, 3.8) is 0 Å². The highest BCUT2D eigenvalue weighted by atomic mass is 16.5. The van der Waals surface area contributed by atoms with Crippen molar-refractivity contribution < 1.29 is 9.53 Å². The second-order valence-electron chi connectivity index (χ2n) is 4.56. The van der Waals surface area contributed by atoms with Crippen LogP contribution in [0.4, 0.5) is 0 Å². The molecule has 1 saturated carbocycles. The molecule has 1 rings (SSSR count). The Balaban J connectivity index is 2.64. The molecule has 1 aliphatic rings. The predicted octanol–water partition coefficient (Wildman–Crippen LogP) is 3.34. The Kier molecular flexibility index (Phi) is 4.78. The zero-order valence-electron chi connectivity index (χ0n) is 10.3. The van der Waals surface area contributed by atoms with E-state index in [1.54, 1.807) is 0 Å². The molecule has 0 bridgehead atoms. The molecule has 2 heteroatoms. The minimum absolute atomic E-state index is 0.305. The topological polar surface area (TPSA) is 26.3 Å². The molecule has 88 valence electrons. The SMILES string of the molecule is CCOC1(C(=O)CC)CCC(CC)CC1. The lowest BCUT2D eigenvalue weighted by Gasteiger charge is -2.38. The number of hydrogen-bond donors (Lipinski definition) is 0. The number of rotatable bonds is 5. The monoisotopic (exact) mass is 212 g/mol. The van der Waals surface area contributed by atoms with E-state index in [9.17, 15) is 4.79 Å². The zero-order valence-corrected chi connectivity index (χ0v) is 10.3. The molecule has 2 nitrogen and oxygen atoms in total. The second kappa shape index (κ2) is 5.64. The third-order valence-electron chi connectivity index (χ3n) is 3.74. The average Bonchev–Trinajstić information content (AvgIpc) is 2.29. The normalized spacial score (nSPS) is 31.5. The van der Waals surface area contributed by atoms with Crippen molar-refractivity contribution in [3.8, 4) is 0 Å². The van der Waals surface area contributed by atoms with Crippen molar-refractivity contribution in [1.82, 2.24) is 0 Å². The van der Waals surface area contributed by atoms with Gasteiger partial charge in [0.2, 0.25) is 0 Å². The van der Waals surface area contributed by atoms with Gasteiger partial charge in [-0.2, -0.15) is 0 Å². The van der Waals surface area contributed by atoms with Crippen molar-refractivity contribution >= 4 is 5.78 Å². The smallest absolute Gasteiger partial charge is 0.164 e. The van der Waals surface area contributed by atoms with Gasteiger partial charge in [-0.05, 0) is 38.5 Å². The minimum Gasteiger partial charge on any atom is -0.368 e. The van der Waals surface area contributed by atoms with E-state index in [-0.39, 0.29) is 0 Å². The Morgan fingerprint density at radius 1 is 1.27 bits per heavy atom. The first-order valence-electron chi connectivity index (χ1n) is 6.35. The molecule has 0 unspecified atom stereocenters. The van der Waals surface area contributed by atoms with Crippen LogP contribution in [0.1, 0.15) is 59.3 Å². The Morgan fingerprint density at radius 3 is 2.27 bits per heavy atom. The molecule has 1 fully saturated rings. The van der Waals surface area contributed by atoms with Crippen LogP contribution in [0.15, 0.2) is 0 Å². The van der Waals surface area contributed by atoms with Crippen LogP contribution >= 0.6 is 0 Å². The van der Waals surface area contributed by atoms with Crippen molar-refractivity contribution in [2.24, 2.45) is 5.92 Å². The van der Waals surface area contributed by atoms with Gasteiger partial charge in [0, 0.05) is 13.0 Å². The first kappa shape index (κ1) is 12.7. The zero-order chi connectivity index (χ0) is 11.3. The minimum atomic E-state index is -0.421. The molecular formula is C13H24O2. The summed E-state index contributed by atoms with van der Waals surface area (Å²) in [5, 5.41) is 0. The van der Waals surface area contributed by atoms with Gasteiger partial charge >= 0.3 is 0 Å². The van der Waals surface area contributed by atoms with Gasteiger partial charge in [-0.15, -0.1) is 0 Å². The van der Waals surface area contributed by atoms with E-state index < -0.39 is 5.60 Å². The number of hydrogen-bond acceptors (Lipinski definition) is 2. The van der Waals surface area contributed by atoms with E-state index in [2.05, 4.69) is 6.92 Å². The lowest BCUT2D eigenvalue weighted by Crippen LogP contribution is -2.44. The van der Waals surface area contributed by atoms with Crippen molar-refractivity contribution in [2.75, 3.05) is 6.61 Å². The first-order valence-corrected chi connectivity index (χ1v) is 6.35. The van der Waals surface area contributed by atoms with Gasteiger partial charge in [0.05, 0.1) is 0 Å². The quantitative estimate of drug-likeness (QED) is 0.698. The summed E-state index contributed by atoms with van der Waals surface area (Å²) in [7, 11) is 0. The highest BCUT2D eigenvalue weighted by Gasteiger charge is 2.40. The van der Waals surface area contributed by atoms with Gasteiger partial charge < -0.3 is 4.74 Å². The third kappa shape index (κ3) is 2.81. The standard InChI is InChI=1S/C13H24O2/c1-4-11-7-9-13(10-8-11,15-6-3)12(14)5-2/h11H,4-10H2,1-3H3. The van der Waals surface area contributed by atoms with Gasteiger partial charge in [0.25, 0.3) is 0 Å². The Morgan fingerprint density at radius 2 is 1.87 bits per heavy atom. The summed E-state index contributed by atoms with van der Waals surface area (Å²) in [6, 6.07) is 0. The maximum Gasteiger partial charge on any atom is 0.164 e. The number of ketones is 1. The molecule has 0 heterocycles. The number of carbonyl (C=O) groups is 1. The maximum absolute atomic E-state index is 11.9. The average molecular weight is 212 g/mol. The molecule has 0 aromatic rings. The van der Waals surface area contributed by atoms with Crippen LogP contribution in [0.25, 0.3) is 0 Å². The fraction of sp³-hybridized carbons (Fsp3) is 0.923. The molecule has 0 aromatic carbocycles. The van der Waals surface area contributed by atoms with Crippen molar-refractivity contribution in [2.45, 2.75) is 64.9 Å². The fourth-order valence-electron chi connectivity index (χ4n) is 2.65. The molecule has 0 amide bonds. The summed E-state index contributed by atoms with van der Waals surface area (Å²) in [6.07, 6.45) is 6.03. The largest absolute Gasteiger partial charge is 0.368 e. The lowest BCUT2D eigenvalue weighted by atomic mass is 9.75. The van der Waals surface area contributed by atoms with E-state index in [1.807, 2.05) is 13.8 Å². The molecule has 0 N–H and O–H groups in total. The lowest BCUT2D eigenvalue weighted by molar-refractivity contribution is -0.150. The van der Waals surface area contributed by atoms with E-state index >= 15 is 0 Å². The summed E-state index contributed by atoms with van der Waals surface area (Å²) < 4.78 is 5.77. The second-order valence-corrected chi connectivity index (χ2v) is 4.56. The maximum atomic E-state index is 11.9. The fourth-order valence-corrected chi connectivity index (χ4v) is 2.65. The summed E-state index contributed by atoms with van der Waals surface area (Å²) in [5.41, 5.74) is -0.421. The summed E-state index contributed by atoms with van der Waals surface area (Å²) in [6.45, 7) is 6.81. The molecule has 15 heavy (non-hydrogen) atoms. The Labute approximate surface area is 93.4 Å². The van der Waals surface area contributed by atoms with Crippen LogP contribution in [-0.2, 0) is 9.53 Å². The van der Waals surface area contributed by atoms with Crippen molar-refractivity contribution in [3.05, 3.63) is 0 Å². The van der Waals surface area contributed by atoms with E-state index in [0.29, 0.717) is 18.8 Å². The van der Waals surface area contributed by atoms with Crippen LogP contribution in [-0.4, -0.2) is 18.0 Å². The first-order chi connectivity index (χ1) is 7.18. The Bertz CT molecular complexity index is 203. The van der Waals surface area contributed by atoms with E-state index in [1.165, 1.54) is 6.42 Å². The van der Waals surface area contributed by atoms with Crippen LogP contribution in [0.2, 0.25) is 0 Å². The van der Waals surface area contributed by atoms with Crippen molar-refractivity contribution in [1.29, 1.82) is 0 Å². The van der Waals surface area contributed by atoms with Crippen LogP contribution in [0.3, 0.4) is 0 Å². The van der Waals surface area contributed by atoms with Gasteiger partial charge in [0.15, 0.2) is 5.78 Å². The molecule has 0 saturated heterocycles. The summed E-state index contributed by atoms with van der Waals surface area (Å²) in [5.74, 6) is 1.11. The highest BCUT2D eigenvalue weighted by Crippen LogP contribution is 2.37. The summed E-state index contributed by atoms with van der Waals surface area (Å²) in [4.78, 5) is 11.9. The number of Topliss-reactive ketones (excluding diaryl/α,β-unsaturated/α-hetero) is 1. The molecule has 0 radical (unpaired) electrons. The van der Waals surface area contributed by atoms with Gasteiger partial charge in [-0.3, -0.25) is 4.79 Å². The molecule has 0 atom stereocenters. The predicted molar refractivity (Wildman–Crippen MR) is 61.9 cm³/mol.